The fourth-order valence-electron chi connectivity index (χ4n) is 2.38. The van der Waals surface area contributed by atoms with Gasteiger partial charge >= 0.3 is 0 Å². The van der Waals surface area contributed by atoms with Crippen LogP contribution in [-0.4, -0.2) is 27.4 Å². The van der Waals surface area contributed by atoms with Gasteiger partial charge in [0.2, 0.25) is 0 Å². The molecule has 2 nitrogen and oxygen atoms in total. The minimum absolute atomic E-state index is 0.251. The highest BCUT2D eigenvalue weighted by Gasteiger charge is 2.12. The number of imidazole rings is 1. The van der Waals surface area contributed by atoms with E-state index in [1.807, 2.05) is 17.8 Å². The van der Waals surface area contributed by atoms with Crippen LogP contribution in [0.25, 0.3) is 11.0 Å². The van der Waals surface area contributed by atoms with Crippen LogP contribution >= 0.6 is 23.4 Å². The van der Waals surface area contributed by atoms with E-state index in [-0.39, 0.29) is 5.82 Å². The molecule has 5 heteroatoms. The van der Waals surface area contributed by atoms with Crippen molar-refractivity contribution < 1.29 is 4.39 Å². The van der Waals surface area contributed by atoms with Crippen molar-refractivity contribution in [2.45, 2.75) is 32.2 Å². The smallest absolute Gasteiger partial charge is 0.151 e. The van der Waals surface area contributed by atoms with Crippen molar-refractivity contribution in [3.05, 3.63) is 29.8 Å². The van der Waals surface area contributed by atoms with Crippen LogP contribution in [0.4, 0.5) is 4.39 Å². The van der Waals surface area contributed by atoms with Crippen LogP contribution in [0.1, 0.15) is 25.1 Å². The molecule has 0 unspecified atom stereocenters. The number of hydrogen-bond donors (Lipinski definition) is 0. The standard InChI is InChI=1S/C15H20ClFN2S/c1-20-11-4-2-3-10-19-13-7-5-6-12(17)15(13)18-14(19)8-9-16/h5-7H,2-4,8-11H2,1H3. The molecule has 0 saturated carbocycles. The van der Waals surface area contributed by atoms with Crippen molar-refractivity contribution in [1.82, 2.24) is 9.55 Å². The normalized spacial score (nSPS) is 11.3. The maximum Gasteiger partial charge on any atom is 0.151 e. The Kier molecular flexibility index (Phi) is 6.17. The van der Waals surface area contributed by atoms with Gasteiger partial charge in [-0.1, -0.05) is 12.5 Å². The maximum atomic E-state index is 13.8. The SMILES string of the molecule is CSCCCCCn1c(CCCl)nc2c(F)cccc21. The lowest BCUT2D eigenvalue weighted by Crippen LogP contribution is -2.05. The summed E-state index contributed by atoms with van der Waals surface area (Å²) in [5.74, 6) is 2.36. The van der Waals surface area contributed by atoms with E-state index in [2.05, 4.69) is 15.8 Å². The van der Waals surface area contributed by atoms with Gasteiger partial charge in [0, 0.05) is 18.8 Å². The molecule has 20 heavy (non-hydrogen) atoms. The zero-order valence-corrected chi connectivity index (χ0v) is 13.3. The molecule has 0 bridgehead atoms. The third kappa shape index (κ3) is 3.67. The van der Waals surface area contributed by atoms with E-state index in [1.165, 1.54) is 24.7 Å². The predicted molar refractivity (Wildman–Crippen MR) is 86.3 cm³/mol. The first-order valence-electron chi connectivity index (χ1n) is 6.96. The summed E-state index contributed by atoms with van der Waals surface area (Å²) >= 11 is 7.71. The topological polar surface area (TPSA) is 17.8 Å². The molecule has 2 aromatic rings. The average molecular weight is 315 g/mol. The predicted octanol–water partition coefficient (Wildman–Crippen LogP) is 4.49. The Balaban J connectivity index is 2.16. The van der Waals surface area contributed by atoms with E-state index >= 15 is 0 Å². The van der Waals surface area contributed by atoms with Gasteiger partial charge < -0.3 is 4.57 Å². The van der Waals surface area contributed by atoms with Gasteiger partial charge in [-0.3, -0.25) is 0 Å². The second-order valence-corrected chi connectivity index (χ2v) is 6.14. The van der Waals surface area contributed by atoms with Crippen LogP contribution in [0.5, 0.6) is 0 Å². The summed E-state index contributed by atoms with van der Waals surface area (Å²) < 4.78 is 15.9. The fraction of sp³-hybridized carbons (Fsp3) is 0.533. The first kappa shape index (κ1) is 15.6. The number of thioether (sulfide) groups is 1. The number of unbranched alkanes of at least 4 members (excludes halogenated alkanes) is 2. The maximum absolute atomic E-state index is 13.8. The average Bonchev–Trinajstić information content (AvgIpc) is 2.79. The zero-order chi connectivity index (χ0) is 14.4. The second-order valence-electron chi connectivity index (χ2n) is 4.78. The molecule has 0 aliphatic carbocycles. The zero-order valence-electron chi connectivity index (χ0n) is 11.7. The van der Waals surface area contributed by atoms with Crippen LogP contribution in [0.3, 0.4) is 0 Å². The van der Waals surface area contributed by atoms with Crippen molar-refractivity contribution in [1.29, 1.82) is 0 Å². The molecule has 0 saturated heterocycles. The van der Waals surface area contributed by atoms with E-state index in [1.54, 1.807) is 6.07 Å². The van der Waals surface area contributed by atoms with Crippen LogP contribution in [0.15, 0.2) is 18.2 Å². The highest BCUT2D eigenvalue weighted by atomic mass is 35.5. The summed E-state index contributed by atoms with van der Waals surface area (Å²) in [4.78, 5) is 4.42. The highest BCUT2D eigenvalue weighted by Crippen LogP contribution is 2.20. The Labute approximate surface area is 128 Å². The first-order chi connectivity index (χ1) is 9.77. The van der Waals surface area contributed by atoms with Gasteiger partial charge in [0.25, 0.3) is 0 Å². The molecule has 1 aromatic carbocycles. The van der Waals surface area contributed by atoms with Gasteiger partial charge in [-0.05, 0) is 37.0 Å². The Bertz CT molecular complexity index is 556. The number of nitrogens with zero attached hydrogens (tertiary/aromatic N) is 2. The molecule has 110 valence electrons. The van der Waals surface area contributed by atoms with Crippen LogP contribution in [-0.2, 0) is 13.0 Å². The number of hydrogen-bond acceptors (Lipinski definition) is 2. The van der Waals surface area contributed by atoms with Crippen LogP contribution < -0.4 is 0 Å². The molecule has 0 fully saturated rings. The van der Waals surface area contributed by atoms with Crippen molar-refractivity contribution in [3.8, 4) is 0 Å². The van der Waals surface area contributed by atoms with Crippen molar-refractivity contribution >= 4 is 34.4 Å². The van der Waals surface area contributed by atoms with Gasteiger partial charge in [0.05, 0.1) is 5.52 Å². The van der Waals surface area contributed by atoms with Crippen LogP contribution in [0, 0.1) is 5.82 Å². The van der Waals surface area contributed by atoms with Crippen molar-refractivity contribution in [2.24, 2.45) is 0 Å². The van der Waals surface area contributed by atoms with Crippen molar-refractivity contribution in [3.63, 3.8) is 0 Å². The summed E-state index contributed by atoms with van der Waals surface area (Å²) in [5, 5.41) is 0. The highest BCUT2D eigenvalue weighted by molar-refractivity contribution is 7.98. The lowest BCUT2D eigenvalue weighted by molar-refractivity contribution is 0.596. The molecular formula is C15H20ClFN2S. The van der Waals surface area contributed by atoms with E-state index in [0.717, 1.165) is 24.3 Å². The minimum atomic E-state index is -0.251. The molecule has 2 rings (SSSR count). The number of aromatic nitrogens is 2. The molecule has 0 spiro atoms. The summed E-state index contributed by atoms with van der Waals surface area (Å²) in [7, 11) is 0. The van der Waals surface area contributed by atoms with Gasteiger partial charge in [-0.2, -0.15) is 11.8 Å². The molecule has 0 radical (unpaired) electrons. The molecule has 1 aromatic heterocycles. The summed E-state index contributed by atoms with van der Waals surface area (Å²) in [6.07, 6.45) is 6.33. The van der Waals surface area contributed by atoms with Gasteiger partial charge in [0.1, 0.15) is 11.3 Å². The molecule has 1 heterocycles. The monoisotopic (exact) mass is 314 g/mol. The van der Waals surface area contributed by atoms with Gasteiger partial charge in [-0.25, -0.2) is 9.37 Å². The summed E-state index contributed by atoms with van der Waals surface area (Å²) in [5.41, 5.74) is 1.35. The molecular weight excluding hydrogens is 295 g/mol. The number of rotatable bonds is 8. The molecule has 0 N–H and O–H groups in total. The number of alkyl halides is 1. The quantitative estimate of drug-likeness (QED) is 0.528. The Morgan fingerprint density at radius 3 is 2.90 bits per heavy atom. The first-order valence-corrected chi connectivity index (χ1v) is 8.89. The van der Waals surface area contributed by atoms with Crippen molar-refractivity contribution in [2.75, 3.05) is 17.9 Å². The third-order valence-corrected chi connectivity index (χ3v) is 4.24. The second kappa shape index (κ2) is 7.89. The Morgan fingerprint density at radius 2 is 2.15 bits per heavy atom. The molecule has 0 amide bonds. The van der Waals surface area contributed by atoms with Gasteiger partial charge in [0.15, 0.2) is 5.82 Å². The summed E-state index contributed by atoms with van der Waals surface area (Å²) in [6.45, 7) is 0.889. The lowest BCUT2D eigenvalue weighted by atomic mass is 10.2. The molecule has 0 atom stereocenters. The molecule has 0 aliphatic rings. The number of fused-ring (bicyclic) bond motifs is 1. The van der Waals surface area contributed by atoms with E-state index in [9.17, 15) is 4.39 Å². The minimum Gasteiger partial charge on any atom is -0.328 e. The number of aryl methyl sites for hydroxylation is 2. The Hall–Kier alpha value is -0.740. The van der Waals surface area contributed by atoms with Crippen LogP contribution in [0.2, 0.25) is 0 Å². The number of benzene rings is 1. The third-order valence-electron chi connectivity index (χ3n) is 3.36. The van der Waals surface area contributed by atoms with E-state index in [0.29, 0.717) is 17.8 Å². The van der Waals surface area contributed by atoms with E-state index in [4.69, 9.17) is 11.6 Å². The van der Waals surface area contributed by atoms with E-state index < -0.39 is 0 Å². The molecule has 0 aliphatic heterocycles. The number of halogens is 2. The Morgan fingerprint density at radius 1 is 1.30 bits per heavy atom. The number of para-hydroxylation sites is 1. The largest absolute Gasteiger partial charge is 0.328 e. The fourth-order valence-corrected chi connectivity index (χ4v) is 3.04. The summed E-state index contributed by atoms with van der Waals surface area (Å²) in [6, 6.07) is 5.14. The lowest BCUT2D eigenvalue weighted by Gasteiger charge is -2.08. The van der Waals surface area contributed by atoms with Gasteiger partial charge in [-0.15, -0.1) is 11.6 Å².